The molecule has 0 bridgehead atoms. The molecule has 0 atom stereocenters. The van der Waals surface area contributed by atoms with Crippen molar-refractivity contribution < 1.29 is 4.79 Å². The van der Waals surface area contributed by atoms with Crippen LogP contribution in [-0.4, -0.2) is 25.0 Å². The number of hydrazine groups is 1. The molecule has 0 spiro atoms. The van der Waals surface area contributed by atoms with E-state index in [0.29, 0.717) is 0 Å². The molecule has 1 aliphatic rings. The highest BCUT2D eigenvalue weighted by Gasteiger charge is 2.51. The Balaban J connectivity index is 2.19. The molecule has 0 aromatic heterocycles. The summed E-state index contributed by atoms with van der Waals surface area (Å²) in [5.41, 5.74) is 4.95. The summed E-state index contributed by atoms with van der Waals surface area (Å²) in [4.78, 5) is 12.1. The normalized spacial score (nSPS) is 17.2. The van der Waals surface area contributed by atoms with Crippen LogP contribution >= 0.6 is 0 Å². The van der Waals surface area contributed by atoms with Crippen molar-refractivity contribution >= 4 is 5.91 Å². The molecule has 1 aromatic carbocycles. The van der Waals surface area contributed by atoms with Crippen LogP contribution in [0.4, 0.5) is 0 Å². The lowest BCUT2D eigenvalue weighted by atomic mass is 9.94. The largest absolute Gasteiger partial charge is 0.289 e. The molecule has 0 radical (unpaired) electrons. The van der Waals surface area contributed by atoms with E-state index in [4.69, 9.17) is 0 Å². The standard InChI is InChI=1S/C13H18N2O/c1-10-4-6-11(7-5-10)13(8-9-13)12(16)14-15(2)3/h4-7H,8-9H2,1-3H3,(H,14,16). The first-order valence-corrected chi connectivity index (χ1v) is 5.60. The second-order valence-corrected chi connectivity index (χ2v) is 4.78. The summed E-state index contributed by atoms with van der Waals surface area (Å²) in [6.07, 6.45) is 1.91. The van der Waals surface area contributed by atoms with Crippen LogP contribution < -0.4 is 5.43 Å². The number of aryl methyl sites for hydroxylation is 1. The van der Waals surface area contributed by atoms with E-state index in [2.05, 4.69) is 36.6 Å². The van der Waals surface area contributed by atoms with Gasteiger partial charge in [0.25, 0.3) is 0 Å². The lowest BCUT2D eigenvalue weighted by Gasteiger charge is -2.19. The first kappa shape index (κ1) is 11.1. The average molecular weight is 218 g/mol. The number of nitrogens with zero attached hydrogens (tertiary/aromatic N) is 1. The van der Waals surface area contributed by atoms with Crippen LogP contribution in [0.5, 0.6) is 0 Å². The molecule has 1 aliphatic carbocycles. The van der Waals surface area contributed by atoms with Gasteiger partial charge < -0.3 is 0 Å². The molecule has 86 valence electrons. The second kappa shape index (κ2) is 3.91. The van der Waals surface area contributed by atoms with E-state index in [1.807, 2.05) is 14.1 Å². The summed E-state index contributed by atoms with van der Waals surface area (Å²) >= 11 is 0. The molecule has 1 fully saturated rings. The minimum atomic E-state index is -0.266. The quantitative estimate of drug-likeness (QED) is 0.782. The number of carbonyl (C=O) groups excluding carboxylic acids is 1. The van der Waals surface area contributed by atoms with Crippen LogP contribution in [0.3, 0.4) is 0 Å². The molecule has 2 rings (SSSR count). The molecule has 3 heteroatoms. The predicted octanol–water partition coefficient (Wildman–Crippen LogP) is 1.62. The minimum Gasteiger partial charge on any atom is -0.289 e. The molecule has 0 heterocycles. The summed E-state index contributed by atoms with van der Waals surface area (Å²) < 4.78 is 0. The molecule has 0 unspecified atom stereocenters. The van der Waals surface area contributed by atoms with E-state index in [1.54, 1.807) is 5.01 Å². The number of hydrogen-bond donors (Lipinski definition) is 1. The Morgan fingerprint density at radius 2 is 1.81 bits per heavy atom. The molecule has 1 amide bonds. The van der Waals surface area contributed by atoms with Crippen molar-refractivity contribution in [2.45, 2.75) is 25.2 Å². The van der Waals surface area contributed by atoms with E-state index in [0.717, 1.165) is 18.4 Å². The summed E-state index contributed by atoms with van der Waals surface area (Å²) in [7, 11) is 3.67. The zero-order chi connectivity index (χ0) is 11.8. The van der Waals surface area contributed by atoms with Gasteiger partial charge in [0.15, 0.2) is 0 Å². The zero-order valence-corrected chi connectivity index (χ0v) is 10.1. The minimum absolute atomic E-state index is 0.112. The van der Waals surface area contributed by atoms with Crippen LogP contribution in [0.1, 0.15) is 24.0 Å². The van der Waals surface area contributed by atoms with E-state index in [9.17, 15) is 4.79 Å². The van der Waals surface area contributed by atoms with Gasteiger partial charge >= 0.3 is 0 Å². The third-order valence-corrected chi connectivity index (χ3v) is 3.11. The fraction of sp³-hybridized carbons (Fsp3) is 0.462. The molecule has 1 saturated carbocycles. The van der Waals surface area contributed by atoms with Gasteiger partial charge in [-0.05, 0) is 25.3 Å². The first-order valence-electron chi connectivity index (χ1n) is 5.60. The van der Waals surface area contributed by atoms with Gasteiger partial charge in [0.2, 0.25) is 5.91 Å². The molecular weight excluding hydrogens is 200 g/mol. The Morgan fingerprint density at radius 1 is 1.25 bits per heavy atom. The Bertz CT molecular complexity index is 391. The lowest BCUT2D eigenvalue weighted by Crippen LogP contribution is -2.42. The van der Waals surface area contributed by atoms with Crippen LogP contribution in [0, 0.1) is 6.92 Å². The Morgan fingerprint density at radius 3 is 2.25 bits per heavy atom. The molecule has 0 saturated heterocycles. The number of hydrogen-bond acceptors (Lipinski definition) is 2. The molecule has 1 N–H and O–H groups in total. The van der Waals surface area contributed by atoms with Crippen molar-refractivity contribution in [3.63, 3.8) is 0 Å². The molecule has 16 heavy (non-hydrogen) atoms. The predicted molar refractivity (Wildman–Crippen MR) is 63.9 cm³/mol. The van der Waals surface area contributed by atoms with Gasteiger partial charge in [0, 0.05) is 14.1 Å². The zero-order valence-electron chi connectivity index (χ0n) is 10.1. The van der Waals surface area contributed by atoms with E-state index in [-0.39, 0.29) is 11.3 Å². The summed E-state index contributed by atoms with van der Waals surface area (Å²) in [5.74, 6) is 0.112. The highest BCUT2D eigenvalue weighted by Crippen LogP contribution is 2.48. The molecule has 0 aliphatic heterocycles. The summed E-state index contributed by atoms with van der Waals surface area (Å²) in [6, 6.07) is 8.27. The van der Waals surface area contributed by atoms with Crippen molar-refractivity contribution in [3.8, 4) is 0 Å². The van der Waals surface area contributed by atoms with Crippen molar-refractivity contribution in [1.29, 1.82) is 0 Å². The third-order valence-electron chi connectivity index (χ3n) is 3.11. The van der Waals surface area contributed by atoms with Gasteiger partial charge in [0.05, 0.1) is 5.41 Å². The third kappa shape index (κ3) is 1.95. The van der Waals surface area contributed by atoms with Gasteiger partial charge in [0.1, 0.15) is 0 Å². The average Bonchev–Trinajstić information content (AvgIpc) is 2.98. The highest BCUT2D eigenvalue weighted by molar-refractivity contribution is 5.90. The summed E-state index contributed by atoms with van der Waals surface area (Å²) in [6.45, 7) is 2.06. The molecular formula is C13H18N2O. The van der Waals surface area contributed by atoms with Crippen molar-refractivity contribution in [3.05, 3.63) is 35.4 Å². The number of benzene rings is 1. The molecule has 1 aromatic rings. The SMILES string of the molecule is Cc1ccc(C2(C(=O)NN(C)C)CC2)cc1. The van der Waals surface area contributed by atoms with E-state index < -0.39 is 0 Å². The van der Waals surface area contributed by atoms with Gasteiger partial charge in [-0.15, -0.1) is 0 Å². The summed E-state index contributed by atoms with van der Waals surface area (Å²) in [5, 5.41) is 1.70. The van der Waals surface area contributed by atoms with Gasteiger partial charge in [-0.25, -0.2) is 5.01 Å². The fourth-order valence-electron chi connectivity index (χ4n) is 1.95. The number of carbonyl (C=O) groups is 1. The van der Waals surface area contributed by atoms with Crippen molar-refractivity contribution in [2.24, 2.45) is 0 Å². The Labute approximate surface area is 96.4 Å². The van der Waals surface area contributed by atoms with Gasteiger partial charge in [-0.3, -0.25) is 10.2 Å². The highest BCUT2D eigenvalue weighted by atomic mass is 16.2. The Kier molecular flexibility index (Phi) is 2.72. The number of nitrogens with one attached hydrogen (secondary N) is 1. The second-order valence-electron chi connectivity index (χ2n) is 4.78. The maximum atomic E-state index is 12.1. The molecule has 3 nitrogen and oxygen atoms in total. The first-order chi connectivity index (χ1) is 7.54. The Hall–Kier alpha value is -1.35. The maximum absolute atomic E-state index is 12.1. The monoisotopic (exact) mass is 218 g/mol. The smallest absolute Gasteiger partial charge is 0.244 e. The topological polar surface area (TPSA) is 32.3 Å². The fourth-order valence-corrected chi connectivity index (χ4v) is 1.95. The van der Waals surface area contributed by atoms with Crippen molar-refractivity contribution in [1.82, 2.24) is 10.4 Å². The van der Waals surface area contributed by atoms with E-state index in [1.165, 1.54) is 5.56 Å². The van der Waals surface area contributed by atoms with Gasteiger partial charge in [-0.2, -0.15) is 0 Å². The number of rotatable bonds is 3. The van der Waals surface area contributed by atoms with Crippen molar-refractivity contribution in [2.75, 3.05) is 14.1 Å². The lowest BCUT2D eigenvalue weighted by molar-refractivity contribution is -0.127. The van der Waals surface area contributed by atoms with Crippen LogP contribution in [0.2, 0.25) is 0 Å². The van der Waals surface area contributed by atoms with E-state index >= 15 is 0 Å². The maximum Gasteiger partial charge on any atom is 0.244 e. The van der Waals surface area contributed by atoms with Gasteiger partial charge in [-0.1, -0.05) is 29.8 Å². The van der Waals surface area contributed by atoms with Crippen LogP contribution in [0.15, 0.2) is 24.3 Å². The number of amides is 1. The van der Waals surface area contributed by atoms with Crippen LogP contribution in [0.25, 0.3) is 0 Å². The van der Waals surface area contributed by atoms with Crippen LogP contribution in [-0.2, 0) is 10.2 Å².